The summed E-state index contributed by atoms with van der Waals surface area (Å²) in [5, 5.41) is 2.86. The van der Waals surface area contributed by atoms with Crippen LogP contribution in [0.4, 0.5) is 5.69 Å². The predicted molar refractivity (Wildman–Crippen MR) is 147 cm³/mol. The molecular weight excluding hydrogens is 486 g/mol. The van der Waals surface area contributed by atoms with Gasteiger partial charge in [0.15, 0.2) is 0 Å². The normalized spacial score (nSPS) is 12.2. The van der Waals surface area contributed by atoms with Crippen LogP contribution < -0.4 is 9.62 Å². The number of anilines is 1. The summed E-state index contributed by atoms with van der Waals surface area (Å²) in [6, 6.07) is 22.0. The van der Waals surface area contributed by atoms with Gasteiger partial charge in [0.25, 0.3) is 10.0 Å². The molecule has 0 bridgehead atoms. The number of sulfonamides is 1. The maximum Gasteiger partial charge on any atom is 0.264 e. The molecule has 0 aromatic heterocycles. The fourth-order valence-corrected chi connectivity index (χ4v) is 5.48. The molecule has 0 fully saturated rings. The third-order valence-corrected chi connectivity index (χ3v) is 7.81. The number of hydrogen-bond acceptors (Lipinski definition) is 4. The van der Waals surface area contributed by atoms with E-state index in [9.17, 15) is 18.0 Å². The van der Waals surface area contributed by atoms with Crippen molar-refractivity contribution in [3.63, 3.8) is 0 Å². The first-order valence-corrected chi connectivity index (χ1v) is 13.7. The minimum absolute atomic E-state index is 0.0870. The van der Waals surface area contributed by atoms with E-state index >= 15 is 0 Å². The first kappa shape index (κ1) is 27.9. The number of amides is 2. The highest BCUT2D eigenvalue weighted by Crippen LogP contribution is 2.28. The summed E-state index contributed by atoms with van der Waals surface area (Å²) in [5.74, 6) is -0.779. The van der Waals surface area contributed by atoms with Gasteiger partial charge in [-0.1, -0.05) is 60.7 Å². The van der Waals surface area contributed by atoms with E-state index in [0.717, 1.165) is 21.0 Å². The molecule has 196 valence electrons. The zero-order valence-electron chi connectivity index (χ0n) is 22.0. The number of carbonyl (C=O) groups is 2. The summed E-state index contributed by atoms with van der Waals surface area (Å²) in [6.45, 7) is 8.76. The molecule has 0 spiro atoms. The average molecular weight is 522 g/mol. The Morgan fingerprint density at radius 1 is 0.865 bits per heavy atom. The Bertz CT molecular complexity index is 1330. The third-order valence-electron chi connectivity index (χ3n) is 6.04. The van der Waals surface area contributed by atoms with Gasteiger partial charge < -0.3 is 10.2 Å². The second-order valence-corrected chi connectivity index (χ2v) is 11.3. The van der Waals surface area contributed by atoms with Gasteiger partial charge >= 0.3 is 0 Å². The van der Waals surface area contributed by atoms with E-state index in [-0.39, 0.29) is 23.4 Å². The second-order valence-electron chi connectivity index (χ2n) is 9.46. The molecular formula is C29H35N3O4S. The van der Waals surface area contributed by atoms with Crippen LogP contribution in [0.5, 0.6) is 0 Å². The molecule has 3 rings (SSSR count). The Labute approximate surface area is 220 Å². The summed E-state index contributed by atoms with van der Waals surface area (Å²) >= 11 is 0. The molecule has 1 atom stereocenters. The van der Waals surface area contributed by atoms with Crippen molar-refractivity contribution in [2.75, 3.05) is 10.8 Å². The number of nitrogens with zero attached hydrogens (tertiary/aromatic N) is 2. The molecule has 3 aromatic rings. The summed E-state index contributed by atoms with van der Waals surface area (Å²) in [4.78, 5) is 28.3. The van der Waals surface area contributed by atoms with Crippen molar-refractivity contribution in [1.82, 2.24) is 10.2 Å². The molecule has 1 N–H and O–H groups in total. The average Bonchev–Trinajstić information content (AvgIpc) is 2.87. The summed E-state index contributed by atoms with van der Waals surface area (Å²) in [6.07, 6.45) is 0. The lowest BCUT2D eigenvalue weighted by Crippen LogP contribution is -2.52. The molecule has 3 aromatic carbocycles. The SMILES string of the molecule is Cc1ccc(C)c(N(CC(=O)N(Cc2ccccc2)[C@H](C)C(=O)NC(C)C)S(=O)(=O)c2ccccc2)c1. The van der Waals surface area contributed by atoms with E-state index in [1.54, 1.807) is 31.2 Å². The first-order valence-electron chi connectivity index (χ1n) is 12.3. The Kier molecular flexibility index (Phi) is 9.10. The van der Waals surface area contributed by atoms with E-state index < -0.39 is 28.5 Å². The lowest BCUT2D eigenvalue weighted by Gasteiger charge is -2.32. The monoisotopic (exact) mass is 521 g/mol. The van der Waals surface area contributed by atoms with Gasteiger partial charge in [0.1, 0.15) is 12.6 Å². The van der Waals surface area contributed by atoms with E-state index in [4.69, 9.17) is 0 Å². The highest BCUT2D eigenvalue weighted by atomic mass is 32.2. The number of rotatable bonds is 10. The van der Waals surface area contributed by atoms with Gasteiger partial charge in [-0.05, 0) is 69.5 Å². The second kappa shape index (κ2) is 12.1. The van der Waals surface area contributed by atoms with Crippen molar-refractivity contribution in [3.05, 3.63) is 95.6 Å². The third kappa shape index (κ3) is 6.98. The van der Waals surface area contributed by atoms with Crippen molar-refractivity contribution in [1.29, 1.82) is 0 Å². The fourth-order valence-electron chi connectivity index (χ4n) is 3.99. The standard InChI is InChI=1S/C29H35N3O4S/c1-21(2)30-29(34)24(5)31(19-25-12-8-6-9-13-25)28(33)20-32(27-18-22(3)16-17-23(27)4)37(35,36)26-14-10-7-11-15-26/h6-18,21,24H,19-20H2,1-5H3,(H,30,34)/t24-/m1/s1. The number of hydrogen-bond donors (Lipinski definition) is 1. The maximum atomic E-state index is 13.9. The van der Waals surface area contributed by atoms with Crippen LogP contribution in [0.3, 0.4) is 0 Å². The topological polar surface area (TPSA) is 86.8 Å². The molecule has 7 nitrogen and oxygen atoms in total. The summed E-state index contributed by atoms with van der Waals surface area (Å²) < 4.78 is 28.8. The number of carbonyl (C=O) groups excluding carboxylic acids is 2. The van der Waals surface area contributed by atoms with Gasteiger partial charge in [0, 0.05) is 12.6 Å². The number of benzene rings is 3. The molecule has 0 radical (unpaired) electrons. The van der Waals surface area contributed by atoms with E-state index in [0.29, 0.717) is 5.69 Å². The van der Waals surface area contributed by atoms with Crippen molar-refractivity contribution in [3.8, 4) is 0 Å². The van der Waals surface area contributed by atoms with Gasteiger partial charge in [0.2, 0.25) is 11.8 Å². The molecule has 0 aliphatic rings. The van der Waals surface area contributed by atoms with Crippen LogP contribution in [-0.4, -0.2) is 43.8 Å². The van der Waals surface area contributed by atoms with Gasteiger partial charge in [-0.2, -0.15) is 0 Å². The Balaban J connectivity index is 2.05. The van der Waals surface area contributed by atoms with E-state index in [2.05, 4.69) is 5.32 Å². The minimum Gasteiger partial charge on any atom is -0.352 e. The highest BCUT2D eigenvalue weighted by Gasteiger charge is 2.33. The summed E-state index contributed by atoms with van der Waals surface area (Å²) in [5.41, 5.74) is 2.85. The Hall–Kier alpha value is -3.65. The quantitative estimate of drug-likeness (QED) is 0.427. The Morgan fingerprint density at radius 3 is 2.05 bits per heavy atom. The van der Waals surface area contributed by atoms with Gasteiger partial charge in [-0.15, -0.1) is 0 Å². The molecule has 0 aliphatic carbocycles. The smallest absolute Gasteiger partial charge is 0.264 e. The lowest BCUT2D eigenvalue weighted by atomic mass is 10.1. The van der Waals surface area contributed by atoms with Crippen LogP contribution in [0.1, 0.15) is 37.5 Å². The van der Waals surface area contributed by atoms with Crippen LogP contribution in [0, 0.1) is 13.8 Å². The molecule has 0 saturated carbocycles. The van der Waals surface area contributed by atoms with Crippen LogP contribution >= 0.6 is 0 Å². The molecule has 0 saturated heterocycles. The largest absolute Gasteiger partial charge is 0.352 e. The first-order chi connectivity index (χ1) is 17.5. The predicted octanol–water partition coefficient (Wildman–Crippen LogP) is 4.44. The lowest BCUT2D eigenvalue weighted by molar-refractivity contribution is -0.139. The van der Waals surface area contributed by atoms with Gasteiger partial charge in [-0.25, -0.2) is 8.42 Å². The van der Waals surface area contributed by atoms with Gasteiger partial charge in [-0.3, -0.25) is 13.9 Å². The van der Waals surface area contributed by atoms with Crippen molar-refractivity contribution < 1.29 is 18.0 Å². The molecule has 0 unspecified atom stereocenters. The molecule has 2 amide bonds. The number of nitrogens with one attached hydrogen (secondary N) is 1. The van der Waals surface area contributed by atoms with Crippen molar-refractivity contribution in [2.45, 2.75) is 58.1 Å². The van der Waals surface area contributed by atoms with E-state index in [1.165, 1.54) is 17.0 Å². The van der Waals surface area contributed by atoms with Crippen LogP contribution in [0.25, 0.3) is 0 Å². The fraction of sp³-hybridized carbons (Fsp3) is 0.310. The Morgan fingerprint density at radius 2 is 1.46 bits per heavy atom. The molecule has 0 aliphatic heterocycles. The van der Waals surface area contributed by atoms with Crippen molar-refractivity contribution >= 4 is 27.5 Å². The highest BCUT2D eigenvalue weighted by molar-refractivity contribution is 7.92. The maximum absolute atomic E-state index is 13.9. The zero-order valence-corrected chi connectivity index (χ0v) is 22.8. The molecule has 8 heteroatoms. The minimum atomic E-state index is -4.07. The zero-order chi connectivity index (χ0) is 27.2. The van der Waals surface area contributed by atoms with Crippen LogP contribution in [0.15, 0.2) is 83.8 Å². The molecule has 37 heavy (non-hydrogen) atoms. The number of aryl methyl sites for hydroxylation is 2. The van der Waals surface area contributed by atoms with Gasteiger partial charge in [0.05, 0.1) is 10.6 Å². The summed E-state index contributed by atoms with van der Waals surface area (Å²) in [7, 11) is -4.07. The van der Waals surface area contributed by atoms with E-state index in [1.807, 2.05) is 70.2 Å². The van der Waals surface area contributed by atoms with Crippen molar-refractivity contribution in [2.24, 2.45) is 0 Å². The molecule has 0 heterocycles. The van der Waals surface area contributed by atoms with Crippen LogP contribution in [-0.2, 0) is 26.2 Å². The van der Waals surface area contributed by atoms with Crippen LogP contribution in [0.2, 0.25) is 0 Å².